The third-order valence-electron chi connectivity index (χ3n) is 3.01. The van der Waals surface area contributed by atoms with E-state index in [4.69, 9.17) is 0 Å². The van der Waals surface area contributed by atoms with Gasteiger partial charge in [-0.25, -0.2) is 4.39 Å². The summed E-state index contributed by atoms with van der Waals surface area (Å²) in [4.78, 5) is 4.25. The molecule has 2 aromatic rings. The van der Waals surface area contributed by atoms with Crippen molar-refractivity contribution in [3.8, 4) is 0 Å². The molecular formula is C15H17FN2O. The molecule has 1 aromatic heterocycles. The maximum Gasteiger partial charge on any atom is 0.129 e. The molecule has 1 aromatic carbocycles. The number of rotatable bonds is 5. The van der Waals surface area contributed by atoms with Gasteiger partial charge in [0.15, 0.2) is 0 Å². The molecule has 0 aliphatic rings. The number of hydrogen-bond donors (Lipinski definition) is 2. The van der Waals surface area contributed by atoms with Gasteiger partial charge in [-0.15, -0.1) is 0 Å². The Balaban J connectivity index is 1.90. The molecule has 19 heavy (non-hydrogen) atoms. The number of nitrogens with zero attached hydrogens (tertiary/aromatic N) is 1. The molecule has 100 valence electrons. The highest BCUT2D eigenvalue weighted by Crippen LogP contribution is 2.15. The molecule has 1 atom stereocenters. The zero-order chi connectivity index (χ0) is 13.7. The first-order valence-electron chi connectivity index (χ1n) is 6.22. The Morgan fingerprint density at radius 2 is 2.05 bits per heavy atom. The number of nitrogens with one attached hydrogen (secondary N) is 1. The Labute approximate surface area is 112 Å². The fourth-order valence-corrected chi connectivity index (χ4v) is 1.89. The highest BCUT2D eigenvalue weighted by molar-refractivity contribution is 5.20. The monoisotopic (exact) mass is 260 g/mol. The molecule has 0 saturated carbocycles. The largest absolute Gasteiger partial charge is 0.387 e. The standard InChI is InChI=1S/C15H17FN2O/c1-11-5-4-8-18-14(11)9-17-10-15(19)12-6-2-3-7-13(12)16/h2-8,15,17,19H,9-10H2,1H3. The van der Waals surface area contributed by atoms with Crippen LogP contribution in [0.5, 0.6) is 0 Å². The van der Waals surface area contributed by atoms with Crippen molar-refractivity contribution in [2.45, 2.75) is 19.6 Å². The highest BCUT2D eigenvalue weighted by atomic mass is 19.1. The van der Waals surface area contributed by atoms with Gasteiger partial charge < -0.3 is 10.4 Å². The lowest BCUT2D eigenvalue weighted by Crippen LogP contribution is -2.22. The van der Waals surface area contributed by atoms with Gasteiger partial charge in [-0.3, -0.25) is 4.98 Å². The van der Waals surface area contributed by atoms with Crippen molar-refractivity contribution < 1.29 is 9.50 Å². The third-order valence-corrected chi connectivity index (χ3v) is 3.01. The number of aliphatic hydroxyl groups is 1. The highest BCUT2D eigenvalue weighted by Gasteiger charge is 2.11. The van der Waals surface area contributed by atoms with Crippen molar-refractivity contribution in [1.82, 2.24) is 10.3 Å². The van der Waals surface area contributed by atoms with Gasteiger partial charge in [0.25, 0.3) is 0 Å². The number of aryl methyl sites for hydroxylation is 1. The fraction of sp³-hybridized carbons (Fsp3) is 0.267. The van der Waals surface area contributed by atoms with Crippen LogP contribution in [-0.4, -0.2) is 16.6 Å². The second kappa shape index (κ2) is 6.41. The Bertz CT molecular complexity index is 545. The molecule has 1 unspecified atom stereocenters. The molecular weight excluding hydrogens is 243 g/mol. The summed E-state index contributed by atoms with van der Waals surface area (Å²) < 4.78 is 13.5. The van der Waals surface area contributed by atoms with E-state index in [1.807, 2.05) is 19.1 Å². The topological polar surface area (TPSA) is 45.2 Å². The van der Waals surface area contributed by atoms with E-state index in [0.717, 1.165) is 11.3 Å². The lowest BCUT2D eigenvalue weighted by Gasteiger charge is -2.13. The number of hydrogen-bond acceptors (Lipinski definition) is 3. The number of halogens is 1. The van der Waals surface area contributed by atoms with E-state index in [9.17, 15) is 9.50 Å². The summed E-state index contributed by atoms with van der Waals surface area (Å²) in [5, 5.41) is 13.0. The summed E-state index contributed by atoms with van der Waals surface area (Å²) in [7, 11) is 0. The average Bonchev–Trinajstić information content (AvgIpc) is 2.41. The predicted molar refractivity (Wildman–Crippen MR) is 72.0 cm³/mol. The Hall–Kier alpha value is -1.78. The molecule has 0 fully saturated rings. The molecule has 0 aliphatic heterocycles. The minimum Gasteiger partial charge on any atom is -0.387 e. The number of aromatic nitrogens is 1. The SMILES string of the molecule is Cc1cccnc1CNCC(O)c1ccccc1F. The van der Waals surface area contributed by atoms with Crippen LogP contribution in [0.15, 0.2) is 42.6 Å². The quantitative estimate of drug-likeness (QED) is 0.867. The van der Waals surface area contributed by atoms with Gasteiger partial charge in [0.2, 0.25) is 0 Å². The second-order valence-electron chi connectivity index (χ2n) is 4.44. The Morgan fingerprint density at radius 1 is 1.26 bits per heavy atom. The van der Waals surface area contributed by atoms with E-state index >= 15 is 0 Å². The molecule has 0 saturated heterocycles. The molecule has 0 spiro atoms. The first kappa shape index (κ1) is 13.6. The van der Waals surface area contributed by atoms with Gasteiger partial charge in [-0.1, -0.05) is 24.3 Å². The van der Waals surface area contributed by atoms with Crippen molar-refractivity contribution in [2.75, 3.05) is 6.54 Å². The Morgan fingerprint density at radius 3 is 2.79 bits per heavy atom. The smallest absolute Gasteiger partial charge is 0.129 e. The van der Waals surface area contributed by atoms with E-state index in [0.29, 0.717) is 12.1 Å². The molecule has 2 rings (SSSR count). The van der Waals surface area contributed by atoms with Crippen LogP contribution in [0.25, 0.3) is 0 Å². The maximum atomic E-state index is 13.5. The predicted octanol–water partition coefficient (Wildman–Crippen LogP) is 2.35. The molecule has 2 N–H and O–H groups in total. The molecule has 0 aliphatic carbocycles. The summed E-state index contributed by atoms with van der Waals surface area (Å²) in [6.07, 6.45) is 0.877. The summed E-state index contributed by atoms with van der Waals surface area (Å²) in [6.45, 7) is 2.83. The second-order valence-corrected chi connectivity index (χ2v) is 4.44. The van der Waals surface area contributed by atoms with Crippen LogP contribution in [0.3, 0.4) is 0 Å². The van der Waals surface area contributed by atoms with Gasteiger partial charge in [0.1, 0.15) is 5.82 Å². The van der Waals surface area contributed by atoms with Crippen LogP contribution in [0.2, 0.25) is 0 Å². The average molecular weight is 260 g/mol. The lowest BCUT2D eigenvalue weighted by atomic mass is 10.1. The number of pyridine rings is 1. The fourth-order valence-electron chi connectivity index (χ4n) is 1.89. The first-order valence-corrected chi connectivity index (χ1v) is 6.22. The van der Waals surface area contributed by atoms with Gasteiger partial charge in [-0.2, -0.15) is 0 Å². The number of benzene rings is 1. The van der Waals surface area contributed by atoms with Crippen molar-refractivity contribution >= 4 is 0 Å². The van der Waals surface area contributed by atoms with Gasteiger partial charge in [-0.05, 0) is 24.6 Å². The molecule has 1 heterocycles. The van der Waals surface area contributed by atoms with Crippen molar-refractivity contribution in [3.63, 3.8) is 0 Å². The molecule has 4 heteroatoms. The molecule has 0 bridgehead atoms. The molecule has 0 radical (unpaired) electrons. The van der Waals surface area contributed by atoms with E-state index in [1.165, 1.54) is 6.07 Å². The minimum atomic E-state index is -0.856. The number of aliphatic hydroxyl groups excluding tert-OH is 1. The molecule has 3 nitrogen and oxygen atoms in total. The van der Waals surface area contributed by atoms with E-state index in [2.05, 4.69) is 10.3 Å². The van der Waals surface area contributed by atoms with Crippen LogP contribution < -0.4 is 5.32 Å². The molecule has 0 amide bonds. The van der Waals surface area contributed by atoms with Crippen LogP contribution >= 0.6 is 0 Å². The minimum absolute atomic E-state index is 0.289. The van der Waals surface area contributed by atoms with Gasteiger partial charge in [0.05, 0.1) is 11.8 Å². The van der Waals surface area contributed by atoms with E-state index < -0.39 is 6.10 Å². The summed E-state index contributed by atoms with van der Waals surface area (Å²) in [6, 6.07) is 10.1. The summed E-state index contributed by atoms with van der Waals surface area (Å²) >= 11 is 0. The van der Waals surface area contributed by atoms with Crippen molar-refractivity contribution in [1.29, 1.82) is 0 Å². The third kappa shape index (κ3) is 3.59. The van der Waals surface area contributed by atoms with Gasteiger partial charge >= 0.3 is 0 Å². The van der Waals surface area contributed by atoms with Crippen molar-refractivity contribution in [2.24, 2.45) is 0 Å². The zero-order valence-corrected chi connectivity index (χ0v) is 10.8. The normalized spacial score (nSPS) is 12.4. The van der Waals surface area contributed by atoms with E-state index in [1.54, 1.807) is 24.4 Å². The first-order chi connectivity index (χ1) is 9.18. The van der Waals surface area contributed by atoms with E-state index in [-0.39, 0.29) is 12.4 Å². The van der Waals surface area contributed by atoms with Crippen LogP contribution in [-0.2, 0) is 6.54 Å². The van der Waals surface area contributed by atoms with Crippen molar-refractivity contribution in [3.05, 3.63) is 65.2 Å². The maximum absolute atomic E-state index is 13.5. The van der Waals surface area contributed by atoms with Crippen LogP contribution in [0, 0.1) is 12.7 Å². The Kier molecular flexibility index (Phi) is 4.60. The van der Waals surface area contributed by atoms with Crippen LogP contribution in [0.4, 0.5) is 4.39 Å². The van der Waals surface area contributed by atoms with Gasteiger partial charge in [0, 0.05) is 24.8 Å². The summed E-state index contributed by atoms with van der Waals surface area (Å²) in [5.41, 5.74) is 2.34. The zero-order valence-electron chi connectivity index (χ0n) is 10.8. The summed E-state index contributed by atoms with van der Waals surface area (Å²) in [5.74, 6) is -0.384. The lowest BCUT2D eigenvalue weighted by molar-refractivity contribution is 0.169. The van der Waals surface area contributed by atoms with Crippen LogP contribution in [0.1, 0.15) is 22.9 Å².